The molecule has 0 aliphatic rings. The van der Waals surface area contributed by atoms with Gasteiger partial charge in [-0.3, -0.25) is 19.8 Å². The molecule has 0 unspecified atom stereocenters. The van der Waals surface area contributed by atoms with Crippen molar-refractivity contribution in [3.63, 3.8) is 0 Å². The zero-order valence-corrected chi connectivity index (χ0v) is 15.7. The van der Waals surface area contributed by atoms with E-state index < -0.39 is 4.92 Å². The number of pyridine rings is 1. The molecule has 1 heterocycles. The summed E-state index contributed by atoms with van der Waals surface area (Å²) >= 11 is 0. The maximum absolute atomic E-state index is 12.8. The highest BCUT2D eigenvalue weighted by Crippen LogP contribution is 2.19. The van der Waals surface area contributed by atoms with Gasteiger partial charge in [0.25, 0.3) is 11.6 Å². The van der Waals surface area contributed by atoms with E-state index in [1.807, 2.05) is 24.3 Å². The molecular formula is C21H19N3O5. The Morgan fingerprint density at radius 3 is 2.31 bits per heavy atom. The lowest BCUT2D eigenvalue weighted by atomic mass is 10.2. The number of hydrogen-bond acceptors (Lipinski definition) is 6. The number of benzene rings is 2. The Bertz CT molecular complexity index is 960. The molecule has 8 nitrogen and oxygen atoms in total. The van der Waals surface area contributed by atoms with Crippen molar-refractivity contribution in [3.8, 4) is 11.5 Å². The maximum atomic E-state index is 12.8. The van der Waals surface area contributed by atoms with E-state index in [9.17, 15) is 14.9 Å². The number of hydrogen-bond donors (Lipinski definition) is 0. The molecule has 8 heteroatoms. The second kappa shape index (κ2) is 9.32. The summed E-state index contributed by atoms with van der Waals surface area (Å²) < 4.78 is 10.7. The SMILES string of the molecule is COc1ccc(CN(C(=O)COc2ccc([N+](=O)[O-])cc2)c2ccccn2)cc1. The van der Waals surface area contributed by atoms with Crippen LogP contribution in [0.1, 0.15) is 5.56 Å². The van der Waals surface area contributed by atoms with E-state index in [0.29, 0.717) is 18.1 Å². The number of carbonyl (C=O) groups is 1. The van der Waals surface area contributed by atoms with E-state index in [0.717, 1.165) is 11.3 Å². The van der Waals surface area contributed by atoms with Crippen LogP contribution in [-0.4, -0.2) is 29.5 Å². The Kier molecular flexibility index (Phi) is 6.36. The van der Waals surface area contributed by atoms with Gasteiger partial charge in [0.15, 0.2) is 6.61 Å². The van der Waals surface area contributed by atoms with Crippen LogP contribution in [0.25, 0.3) is 0 Å². The van der Waals surface area contributed by atoms with E-state index in [2.05, 4.69) is 4.98 Å². The largest absolute Gasteiger partial charge is 0.497 e. The normalized spacial score (nSPS) is 10.2. The predicted octanol–water partition coefficient (Wildman–Crippen LogP) is 3.61. The van der Waals surface area contributed by atoms with Crippen LogP contribution in [0, 0.1) is 10.1 Å². The van der Waals surface area contributed by atoms with Gasteiger partial charge in [-0.2, -0.15) is 0 Å². The average molecular weight is 393 g/mol. The quantitative estimate of drug-likeness (QED) is 0.429. The Labute approximate surface area is 167 Å². The highest BCUT2D eigenvalue weighted by Gasteiger charge is 2.18. The van der Waals surface area contributed by atoms with Crippen molar-refractivity contribution in [2.45, 2.75) is 6.54 Å². The van der Waals surface area contributed by atoms with E-state index in [1.54, 1.807) is 31.5 Å². The number of aromatic nitrogens is 1. The fourth-order valence-corrected chi connectivity index (χ4v) is 2.61. The Balaban J connectivity index is 1.72. The summed E-state index contributed by atoms with van der Waals surface area (Å²) in [5.41, 5.74) is 0.860. The van der Waals surface area contributed by atoms with E-state index in [-0.39, 0.29) is 18.2 Å². The van der Waals surface area contributed by atoms with Crippen molar-refractivity contribution in [1.29, 1.82) is 0 Å². The number of ether oxygens (including phenoxy) is 2. The number of nitro groups is 1. The smallest absolute Gasteiger partial charge is 0.269 e. The van der Waals surface area contributed by atoms with Gasteiger partial charge < -0.3 is 9.47 Å². The number of nitrogens with zero attached hydrogens (tertiary/aromatic N) is 3. The lowest BCUT2D eigenvalue weighted by molar-refractivity contribution is -0.384. The topological polar surface area (TPSA) is 94.8 Å². The van der Waals surface area contributed by atoms with Crippen molar-refractivity contribution in [2.75, 3.05) is 18.6 Å². The van der Waals surface area contributed by atoms with Crippen molar-refractivity contribution < 1.29 is 19.2 Å². The first-order valence-electron chi connectivity index (χ1n) is 8.78. The third-order valence-electron chi connectivity index (χ3n) is 4.14. The Hall–Kier alpha value is -3.94. The zero-order valence-electron chi connectivity index (χ0n) is 15.7. The Morgan fingerprint density at radius 2 is 1.72 bits per heavy atom. The highest BCUT2D eigenvalue weighted by atomic mass is 16.6. The molecule has 0 aliphatic heterocycles. The average Bonchev–Trinajstić information content (AvgIpc) is 2.77. The van der Waals surface area contributed by atoms with Crippen LogP contribution in [0.15, 0.2) is 72.9 Å². The summed E-state index contributed by atoms with van der Waals surface area (Å²) in [4.78, 5) is 28.9. The number of non-ortho nitro benzene ring substituents is 1. The first kappa shape index (κ1) is 19.8. The first-order valence-corrected chi connectivity index (χ1v) is 8.78. The second-order valence-electron chi connectivity index (χ2n) is 6.06. The minimum atomic E-state index is -0.493. The van der Waals surface area contributed by atoms with Gasteiger partial charge in [0.2, 0.25) is 0 Å². The molecule has 1 aromatic heterocycles. The van der Waals surface area contributed by atoms with Crippen LogP contribution >= 0.6 is 0 Å². The van der Waals surface area contributed by atoms with Crippen molar-refractivity contribution >= 4 is 17.4 Å². The van der Waals surface area contributed by atoms with Crippen molar-refractivity contribution in [2.24, 2.45) is 0 Å². The Morgan fingerprint density at radius 1 is 1.03 bits per heavy atom. The number of carbonyl (C=O) groups excluding carboxylic acids is 1. The number of nitro benzene ring substituents is 1. The van der Waals surface area contributed by atoms with Gasteiger partial charge in [-0.1, -0.05) is 18.2 Å². The van der Waals surface area contributed by atoms with Gasteiger partial charge in [0.05, 0.1) is 18.6 Å². The highest BCUT2D eigenvalue weighted by molar-refractivity contribution is 5.93. The minimum absolute atomic E-state index is 0.0432. The molecule has 0 radical (unpaired) electrons. The molecule has 0 saturated carbocycles. The fourth-order valence-electron chi connectivity index (χ4n) is 2.61. The number of rotatable bonds is 8. The fraction of sp³-hybridized carbons (Fsp3) is 0.143. The van der Waals surface area contributed by atoms with Gasteiger partial charge in [0.1, 0.15) is 17.3 Å². The first-order chi connectivity index (χ1) is 14.1. The molecule has 3 aromatic rings. The van der Waals surface area contributed by atoms with Crippen LogP contribution in [0.2, 0.25) is 0 Å². The van der Waals surface area contributed by atoms with E-state index >= 15 is 0 Å². The molecule has 0 saturated heterocycles. The molecule has 0 fully saturated rings. The van der Waals surface area contributed by atoms with Crippen molar-refractivity contribution in [1.82, 2.24) is 4.98 Å². The lowest BCUT2D eigenvalue weighted by Gasteiger charge is -2.22. The standard InChI is InChI=1S/C21H19N3O5/c1-28-18-9-5-16(6-10-18)14-23(20-4-2-3-13-22-20)21(25)15-29-19-11-7-17(8-12-19)24(26)27/h2-13H,14-15H2,1H3. The van der Waals surface area contributed by atoms with Crippen LogP contribution in [-0.2, 0) is 11.3 Å². The summed E-state index contributed by atoms with van der Waals surface area (Å²) in [6.45, 7) is 0.0774. The van der Waals surface area contributed by atoms with E-state index in [4.69, 9.17) is 9.47 Å². The van der Waals surface area contributed by atoms with Crippen LogP contribution in [0.4, 0.5) is 11.5 Å². The monoisotopic (exact) mass is 393 g/mol. The molecular weight excluding hydrogens is 374 g/mol. The maximum Gasteiger partial charge on any atom is 0.269 e. The number of anilines is 1. The molecule has 0 bridgehead atoms. The van der Waals surface area contributed by atoms with Gasteiger partial charge in [-0.25, -0.2) is 4.98 Å². The molecule has 0 spiro atoms. The third kappa shape index (κ3) is 5.29. The van der Waals surface area contributed by atoms with E-state index in [1.165, 1.54) is 29.2 Å². The summed E-state index contributed by atoms with van der Waals surface area (Å²) in [6.07, 6.45) is 1.61. The molecule has 1 amide bonds. The van der Waals surface area contributed by atoms with Crippen molar-refractivity contribution in [3.05, 3.63) is 88.6 Å². The third-order valence-corrected chi connectivity index (χ3v) is 4.14. The van der Waals surface area contributed by atoms with Crippen LogP contribution in [0.3, 0.4) is 0 Å². The van der Waals surface area contributed by atoms with Crippen LogP contribution < -0.4 is 14.4 Å². The molecule has 0 atom stereocenters. The lowest BCUT2D eigenvalue weighted by Crippen LogP contribution is -2.35. The predicted molar refractivity (Wildman–Crippen MR) is 107 cm³/mol. The molecule has 3 rings (SSSR count). The van der Waals surface area contributed by atoms with Gasteiger partial charge >= 0.3 is 0 Å². The van der Waals surface area contributed by atoms with Gasteiger partial charge in [-0.05, 0) is 42.0 Å². The molecule has 148 valence electrons. The minimum Gasteiger partial charge on any atom is -0.497 e. The molecule has 29 heavy (non-hydrogen) atoms. The van der Waals surface area contributed by atoms with Gasteiger partial charge in [-0.15, -0.1) is 0 Å². The number of methoxy groups -OCH3 is 1. The second-order valence-corrected chi connectivity index (χ2v) is 6.06. The zero-order chi connectivity index (χ0) is 20.6. The van der Waals surface area contributed by atoms with Gasteiger partial charge in [0, 0.05) is 18.3 Å². The molecule has 0 aliphatic carbocycles. The summed E-state index contributed by atoms with van der Waals surface area (Å²) in [5.74, 6) is 1.30. The van der Waals surface area contributed by atoms with Crippen LogP contribution in [0.5, 0.6) is 11.5 Å². The summed E-state index contributed by atoms with van der Waals surface area (Å²) in [6, 6.07) is 18.3. The molecule has 2 aromatic carbocycles. The molecule has 0 N–H and O–H groups in total. The summed E-state index contributed by atoms with van der Waals surface area (Å²) in [7, 11) is 1.59. The summed E-state index contributed by atoms with van der Waals surface area (Å²) in [5, 5.41) is 10.7. The number of amides is 1.